The van der Waals surface area contributed by atoms with E-state index in [-0.39, 0.29) is 6.10 Å². The smallest absolute Gasteiger partial charge is 0.223 e. The number of hydrogen-bond donors (Lipinski definition) is 2. The molecule has 1 saturated carbocycles. The monoisotopic (exact) mass is 322 g/mol. The van der Waals surface area contributed by atoms with Gasteiger partial charge in [0.2, 0.25) is 5.88 Å². The second-order valence-corrected chi connectivity index (χ2v) is 6.47. The van der Waals surface area contributed by atoms with E-state index in [0.29, 0.717) is 0 Å². The largest absolute Gasteiger partial charge is 0.474 e. The molecule has 0 aliphatic heterocycles. The summed E-state index contributed by atoms with van der Waals surface area (Å²) >= 11 is 0. The summed E-state index contributed by atoms with van der Waals surface area (Å²) in [4.78, 5) is 4.71. The molecule has 1 aliphatic carbocycles. The van der Waals surface area contributed by atoms with E-state index in [0.717, 1.165) is 46.8 Å². The summed E-state index contributed by atoms with van der Waals surface area (Å²) < 4.78 is 6.27. The predicted octanol–water partition coefficient (Wildman–Crippen LogP) is 4.72. The number of pyridine rings is 1. The number of rotatable bonds is 4. The van der Waals surface area contributed by atoms with Gasteiger partial charge in [-0.15, -0.1) is 0 Å². The maximum atomic E-state index is 6.27. The first kappa shape index (κ1) is 15.0. The van der Waals surface area contributed by atoms with Crippen LogP contribution < -0.4 is 10.1 Å². The molecule has 1 fully saturated rings. The number of aryl methyl sites for hydroxylation is 1. The molecule has 124 valence electrons. The topological polar surface area (TPSA) is 62.8 Å². The van der Waals surface area contributed by atoms with Gasteiger partial charge in [0.05, 0.1) is 0 Å². The van der Waals surface area contributed by atoms with Crippen LogP contribution in [0.25, 0.3) is 10.8 Å². The highest BCUT2D eigenvalue weighted by Crippen LogP contribution is 2.31. The zero-order valence-electron chi connectivity index (χ0n) is 13.9. The second-order valence-electron chi connectivity index (χ2n) is 6.47. The van der Waals surface area contributed by atoms with Crippen molar-refractivity contribution >= 4 is 22.4 Å². The Morgan fingerprint density at radius 2 is 1.92 bits per heavy atom. The van der Waals surface area contributed by atoms with Gasteiger partial charge in [-0.05, 0) is 50.1 Å². The van der Waals surface area contributed by atoms with E-state index in [1.807, 2.05) is 31.2 Å². The van der Waals surface area contributed by atoms with Gasteiger partial charge in [0, 0.05) is 17.1 Å². The Bertz CT molecular complexity index is 836. The second kappa shape index (κ2) is 6.51. The molecule has 0 atom stereocenters. The average molecular weight is 322 g/mol. The molecular formula is C19H22N4O. The van der Waals surface area contributed by atoms with E-state index in [1.165, 1.54) is 19.3 Å². The fourth-order valence-corrected chi connectivity index (χ4v) is 3.27. The highest BCUT2D eigenvalue weighted by atomic mass is 16.5. The summed E-state index contributed by atoms with van der Waals surface area (Å²) in [5, 5.41) is 12.6. The van der Waals surface area contributed by atoms with E-state index in [1.54, 1.807) is 0 Å². The Balaban J connectivity index is 1.67. The number of anilines is 2. The third-order valence-electron chi connectivity index (χ3n) is 4.50. The normalized spacial score (nSPS) is 15.5. The van der Waals surface area contributed by atoms with Gasteiger partial charge in [-0.25, -0.2) is 0 Å². The molecule has 2 heterocycles. The number of nitrogens with zero attached hydrogens (tertiary/aromatic N) is 2. The fourth-order valence-electron chi connectivity index (χ4n) is 3.27. The van der Waals surface area contributed by atoms with Crippen LogP contribution in [0.1, 0.15) is 37.8 Å². The average Bonchev–Trinajstić information content (AvgIpc) is 3.01. The lowest BCUT2D eigenvalue weighted by Gasteiger charge is -2.23. The Labute approximate surface area is 141 Å². The summed E-state index contributed by atoms with van der Waals surface area (Å²) in [5.74, 6) is 2.24. The zero-order valence-corrected chi connectivity index (χ0v) is 13.9. The lowest BCUT2D eigenvalue weighted by molar-refractivity contribution is 0.151. The molecule has 1 aliphatic rings. The van der Waals surface area contributed by atoms with Crippen LogP contribution in [0.3, 0.4) is 0 Å². The van der Waals surface area contributed by atoms with Crippen molar-refractivity contribution < 1.29 is 4.74 Å². The predicted molar refractivity (Wildman–Crippen MR) is 95.9 cm³/mol. The molecule has 2 aromatic heterocycles. The molecule has 0 radical (unpaired) electrons. The molecule has 3 aromatic rings. The number of fused-ring (bicyclic) bond motifs is 1. The van der Waals surface area contributed by atoms with Gasteiger partial charge >= 0.3 is 0 Å². The van der Waals surface area contributed by atoms with Crippen LogP contribution in [0, 0.1) is 6.92 Å². The van der Waals surface area contributed by atoms with E-state index >= 15 is 0 Å². The van der Waals surface area contributed by atoms with Crippen molar-refractivity contribution in [2.45, 2.75) is 45.1 Å². The molecule has 24 heavy (non-hydrogen) atoms. The van der Waals surface area contributed by atoms with Gasteiger partial charge < -0.3 is 10.1 Å². The first-order chi connectivity index (χ1) is 11.8. The van der Waals surface area contributed by atoms with Crippen LogP contribution in [0.15, 0.2) is 36.4 Å². The summed E-state index contributed by atoms with van der Waals surface area (Å²) in [6, 6.07) is 12.2. The minimum absolute atomic E-state index is 0.275. The molecule has 0 amide bonds. The molecule has 5 nitrogen and oxygen atoms in total. The van der Waals surface area contributed by atoms with E-state index in [4.69, 9.17) is 9.72 Å². The fraction of sp³-hybridized carbons (Fsp3) is 0.368. The summed E-state index contributed by atoms with van der Waals surface area (Å²) in [6.07, 6.45) is 6.31. The molecule has 0 unspecified atom stereocenters. The number of benzene rings is 1. The molecule has 0 saturated heterocycles. The van der Waals surface area contributed by atoms with Crippen molar-refractivity contribution in [1.82, 2.24) is 15.2 Å². The Kier molecular flexibility index (Phi) is 4.07. The maximum Gasteiger partial charge on any atom is 0.223 e. The Hall–Kier alpha value is -2.56. The lowest BCUT2D eigenvalue weighted by atomic mass is 9.98. The molecule has 4 rings (SSSR count). The molecule has 0 bridgehead atoms. The van der Waals surface area contributed by atoms with E-state index in [2.05, 4.69) is 27.6 Å². The maximum absolute atomic E-state index is 6.27. The SMILES string of the molecule is Cc1cc(Nc2cc3ccccc3c(OC3CCCCC3)n2)n[nH]1. The van der Waals surface area contributed by atoms with Gasteiger partial charge in [-0.1, -0.05) is 24.6 Å². The van der Waals surface area contributed by atoms with Crippen molar-refractivity contribution in [3.63, 3.8) is 0 Å². The quantitative estimate of drug-likeness (QED) is 0.729. The van der Waals surface area contributed by atoms with Crippen LogP contribution in [-0.4, -0.2) is 21.3 Å². The highest BCUT2D eigenvalue weighted by Gasteiger charge is 2.17. The summed E-state index contributed by atoms with van der Waals surface area (Å²) in [7, 11) is 0. The first-order valence-corrected chi connectivity index (χ1v) is 8.63. The first-order valence-electron chi connectivity index (χ1n) is 8.63. The highest BCUT2D eigenvalue weighted by molar-refractivity contribution is 5.89. The molecular weight excluding hydrogens is 300 g/mol. The van der Waals surface area contributed by atoms with Crippen molar-refractivity contribution in [3.8, 4) is 5.88 Å². The molecule has 0 spiro atoms. The zero-order chi connectivity index (χ0) is 16.4. The van der Waals surface area contributed by atoms with Crippen LogP contribution in [-0.2, 0) is 0 Å². The number of hydrogen-bond acceptors (Lipinski definition) is 4. The van der Waals surface area contributed by atoms with Crippen LogP contribution in [0.5, 0.6) is 5.88 Å². The Morgan fingerprint density at radius 3 is 2.71 bits per heavy atom. The van der Waals surface area contributed by atoms with Gasteiger partial charge in [-0.3, -0.25) is 5.10 Å². The lowest BCUT2D eigenvalue weighted by Crippen LogP contribution is -2.20. The van der Waals surface area contributed by atoms with Gasteiger partial charge in [0.1, 0.15) is 11.9 Å². The van der Waals surface area contributed by atoms with Crippen LogP contribution >= 0.6 is 0 Å². The van der Waals surface area contributed by atoms with Crippen molar-refractivity contribution in [3.05, 3.63) is 42.1 Å². The van der Waals surface area contributed by atoms with Gasteiger partial charge in [0.15, 0.2) is 5.82 Å². The number of ether oxygens (including phenoxy) is 1. The third-order valence-corrected chi connectivity index (χ3v) is 4.50. The Morgan fingerprint density at radius 1 is 1.08 bits per heavy atom. The third kappa shape index (κ3) is 3.20. The number of aromatic amines is 1. The molecule has 1 aromatic carbocycles. The number of H-pyrrole nitrogens is 1. The van der Waals surface area contributed by atoms with E-state index < -0.39 is 0 Å². The minimum atomic E-state index is 0.275. The van der Waals surface area contributed by atoms with Crippen molar-refractivity contribution in [2.24, 2.45) is 0 Å². The molecule has 5 heteroatoms. The summed E-state index contributed by atoms with van der Waals surface area (Å²) in [5.41, 5.74) is 1.01. The van der Waals surface area contributed by atoms with E-state index in [9.17, 15) is 0 Å². The minimum Gasteiger partial charge on any atom is -0.474 e. The van der Waals surface area contributed by atoms with Crippen LogP contribution in [0.4, 0.5) is 11.6 Å². The standard InChI is InChI=1S/C19H22N4O/c1-13-11-18(23-22-13)20-17-12-14-7-5-6-10-16(14)19(21-17)24-15-8-3-2-4-9-15/h5-7,10-12,15H,2-4,8-9H2,1H3,(H2,20,21,22,23). The van der Waals surface area contributed by atoms with Gasteiger partial charge in [0.25, 0.3) is 0 Å². The van der Waals surface area contributed by atoms with Gasteiger partial charge in [-0.2, -0.15) is 10.1 Å². The summed E-state index contributed by atoms with van der Waals surface area (Å²) in [6.45, 7) is 1.98. The van der Waals surface area contributed by atoms with Crippen LogP contribution in [0.2, 0.25) is 0 Å². The van der Waals surface area contributed by atoms with Crippen molar-refractivity contribution in [2.75, 3.05) is 5.32 Å². The van der Waals surface area contributed by atoms with Crippen molar-refractivity contribution in [1.29, 1.82) is 0 Å². The number of nitrogens with one attached hydrogen (secondary N) is 2. The number of aromatic nitrogens is 3. The molecule has 2 N–H and O–H groups in total.